The monoisotopic (exact) mass is 334 g/mol. The van der Waals surface area contributed by atoms with Crippen LogP contribution in [0.25, 0.3) is 11.1 Å². The van der Waals surface area contributed by atoms with Crippen LogP contribution in [0.15, 0.2) is 22.6 Å². The molecule has 9 heteroatoms. The van der Waals surface area contributed by atoms with E-state index >= 15 is 0 Å². The molecule has 0 bridgehead atoms. The number of rotatable bonds is 4. The van der Waals surface area contributed by atoms with Crippen molar-refractivity contribution in [1.29, 1.82) is 0 Å². The average molecular weight is 334 g/mol. The topological polar surface area (TPSA) is 111 Å². The first-order valence-corrected chi connectivity index (χ1v) is 7.80. The Morgan fingerprint density at radius 1 is 1.50 bits per heavy atom. The fourth-order valence-corrected chi connectivity index (χ4v) is 2.69. The second-order valence-electron chi connectivity index (χ2n) is 5.53. The van der Waals surface area contributed by atoms with E-state index in [2.05, 4.69) is 10.3 Å². The van der Waals surface area contributed by atoms with Gasteiger partial charge in [0.05, 0.1) is 11.5 Å². The van der Waals surface area contributed by atoms with Crippen LogP contribution < -0.4 is 5.32 Å². The van der Waals surface area contributed by atoms with Crippen LogP contribution in [0.2, 0.25) is 0 Å². The minimum absolute atomic E-state index is 0.0231. The van der Waals surface area contributed by atoms with Crippen molar-refractivity contribution in [3.8, 4) is 0 Å². The maximum atomic E-state index is 11.7. The minimum atomic E-state index is -0.466. The zero-order chi connectivity index (χ0) is 17.1. The van der Waals surface area contributed by atoms with E-state index < -0.39 is 4.92 Å². The number of likely N-dealkylation sites (tertiary alicyclic amines) is 1. The van der Waals surface area contributed by atoms with Crippen LogP contribution in [0.1, 0.15) is 19.8 Å². The first-order chi connectivity index (χ1) is 11.6. The van der Waals surface area contributed by atoms with Crippen LogP contribution in [-0.4, -0.2) is 46.6 Å². The molecule has 0 saturated carbocycles. The van der Waals surface area contributed by atoms with E-state index in [9.17, 15) is 14.9 Å². The fourth-order valence-electron chi connectivity index (χ4n) is 2.69. The van der Waals surface area contributed by atoms with Crippen molar-refractivity contribution in [1.82, 2.24) is 9.88 Å². The predicted octanol–water partition coefficient (Wildman–Crippen LogP) is 2.77. The van der Waals surface area contributed by atoms with E-state index in [0.717, 1.165) is 12.8 Å². The lowest BCUT2D eigenvalue weighted by atomic mass is 10.1. The van der Waals surface area contributed by atoms with Gasteiger partial charge in [0.2, 0.25) is 0 Å². The molecule has 0 unspecified atom stereocenters. The molecule has 1 fully saturated rings. The molecular formula is C15H18N4O5. The zero-order valence-corrected chi connectivity index (χ0v) is 13.2. The molecule has 1 aliphatic heterocycles. The number of carbonyl (C=O) groups is 1. The van der Waals surface area contributed by atoms with Gasteiger partial charge in [-0.1, -0.05) is 0 Å². The highest BCUT2D eigenvalue weighted by Gasteiger charge is 2.24. The van der Waals surface area contributed by atoms with E-state index in [4.69, 9.17) is 9.15 Å². The molecule has 2 heterocycles. The number of carbonyl (C=O) groups excluding carboxylic acids is 1. The van der Waals surface area contributed by atoms with Gasteiger partial charge in [0.25, 0.3) is 11.7 Å². The molecule has 0 atom stereocenters. The van der Waals surface area contributed by atoms with Crippen LogP contribution in [0.3, 0.4) is 0 Å². The fraction of sp³-hybridized carbons (Fsp3) is 0.467. The number of non-ortho nitro benzene ring substituents is 1. The van der Waals surface area contributed by atoms with E-state index in [-0.39, 0.29) is 17.8 Å². The SMILES string of the molecule is CCOC(=O)N1CCC(Nc2nc3cc([N+](=O)[O-])ccc3o2)CC1. The molecule has 1 aliphatic rings. The number of nitrogens with zero attached hydrogens (tertiary/aromatic N) is 3. The molecule has 0 aliphatic carbocycles. The summed E-state index contributed by atoms with van der Waals surface area (Å²) in [5.74, 6) is 0. The molecule has 1 N–H and O–H groups in total. The van der Waals surface area contributed by atoms with Crippen LogP contribution >= 0.6 is 0 Å². The second-order valence-corrected chi connectivity index (χ2v) is 5.53. The van der Waals surface area contributed by atoms with Gasteiger partial charge in [-0.05, 0) is 25.8 Å². The van der Waals surface area contributed by atoms with Gasteiger partial charge in [-0.2, -0.15) is 4.98 Å². The third-order valence-corrected chi connectivity index (χ3v) is 3.93. The summed E-state index contributed by atoms with van der Waals surface area (Å²) >= 11 is 0. The normalized spacial score (nSPS) is 15.5. The number of nitrogens with one attached hydrogen (secondary N) is 1. The van der Waals surface area contributed by atoms with Gasteiger partial charge in [0, 0.05) is 31.3 Å². The lowest BCUT2D eigenvalue weighted by molar-refractivity contribution is -0.384. The third kappa shape index (κ3) is 3.39. The van der Waals surface area contributed by atoms with Gasteiger partial charge in [0.1, 0.15) is 5.52 Å². The molecule has 1 aromatic heterocycles. The first kappa shape index (κ1) is 16.0. The van der Waals surface area contributed by atoms with Gasteiger partial charge in [-0.3, -0.25) is 10.1 Å². The maximum absolute atomic E-state index is 11.7. The molecule has 0 radical (unpaired) electrons. The molecule has 1 amide bonds. The summed E-state index contributed by atoms with van der Waals surface area (Å²) in [6.45, 7) is 3.35. The standard InChI is InChI=1S/C15H18N4O5/c1-2-23-15(20)18-7-5-10(6-8-18)16-14-17-12-9-11(19(21)22)3-4-13(12)24-14/h3-4,9-10H,2,5-8H2,1H3,(H,16,17). The lowest BCUT2D eigenvalue weighted by Gasteiger charge is -2.31. The number of amides is 1. The number of anilines is 1. The molecular weight excluding hydrogens is 316 g/mol. The number of nitro benzene ring substituents is 1. The number of aromatic nitrogens is 1. The zero-order valence-electron chi connectivity index (χ0n) is 13.2. The molecule has 1 aromatic carbocycles. The van der Waals surface area contributed by atoms with Crippen LogP contribution in [0.4, 0.5) is 16.5 Å². The molecule has 9 nitrogen and oxygen atoms in total. The Balaban J connectivity index is 1.62. The summed E-state index contributed by atoms with van der Waals surface area (Å²) in [5.41, 5.74) is 0.910. The lowest BCUT2D eigenvalue weighted by Crippen LogP contribution is -2.42. The van der Waals surface area contributed by atoms with Crippen molar-refractivity contribution < 1.29 is 18.9 Å². The van der Waals surface area contributed by atoms with Crippen molar-refractivity contribution in [2.45, 2.75) is 25.8 Å². The van der Waals surface area contributed by atoms with Gasteiger partial charge < -0.3 is 19.4 Å². The van der Waals surface area contributed by atoms with Gasteiger partial charge in [0.15, 0.2) is 5.58 Å². The van der Waals surface area contributed by atoms with E-state index in [0.29, 0.717) is 36.8 Å². The number of oxazole rings is 1. The van der Waals surface area contributed by atoms with Crippen molar-refractivity contribution in [2.24, 2.45) is 0 Å². The molecule has 24 heavy (non-hydrogen) atoms. The number of piperidine rings is 1. The average Bonchev–Trinajstić information content (AvgIpc) is 2.97. The Morgan fingerprint density at radius 3 is 2.92 bits per heavy atom. The van der Waals surface area contributed by atoms with Crippen LogP contribution in [-0.2, 0) is 4.74 Å². The molecule has 2 aromatic rings. The van der Waals surface area contributed by atoms with Crippen molar-refractivity contribution >= 4 is 28.9 Å². The summed E-state index contributed by atoms with van der Waals surface area (Å²) in [5, 5.41) is 14.0. The van der Waals surface area contributed by atoms with E-state index in [1.54, 1.807) is 11.8 Å². The predicted molar refractivity (Wildman–Crippen MR) is 85.9 cm³/mol. The Hall–Kier alpha value is -2.84. The minimum Gasteiger partial charge on any atom is -0.450 e. The van der Waals surface area contributed by atoms with Gasteiger partial charge in [-0.15, -0.1) is 0 Å². The smallest absolute Gasteiger partial charge is 0.409 e. The largest absolute Gasteiger partial charge is 0.450 e. The van der Waals surface area contributed by atoms with Gasteiger partial charge >= 0.3 is 6.09 Å². The Morgan fingerprint density at radius 2 is 2.25 bits per heavy atom. The molecule has 0 spiro atoms. The molecule has 1 saturated heterocycles. The molecule has 128 valence electrons. The highest BCUT2D eigenvalue weighted by molar-refractivity contribution is 5.77. The Labute approximate surface area is 137 Å². The summed E-state index contributed by atoms with van der Waals surface area (Å²) < 4.78 is 10.6. The summed E-state index contributed by atoms with van der Waals surface area (Å²) in [6, 6.07) is 4.76. The number of fused-ring (bicyclic) bond motifs is 1. The summed E-state index contributed by atoms with van der Waals surface area (Å²) in [7, 11) is 0. The number of ether oxygens (including phenoxy) is 1. The van der Waals surface area contributed by atoms with E-state index in [1.165, 1.54) is 18.2 Å². The number of hydrogen-bond acceptors (Lipinski definition) is 7. The number of hydrogen-bond donors (Lipinski definition) is 1. The van der Waals surface area contributed by atoms with Gasteiger partial charge in [-0.25, -0.2) is 4.79 Å². The maximum Gasteiger partial charge on any atom is 0.409 e. The quantitative estimate of drug-likeness (QED) is 0.676. The highest BCUT2D eigenvalue weighted by atomic mass is 16.6. The van der Waals surface area contributed by atoms with E-state index in [1.807, 2.05) is 0 Å². The number of benzene rings is 1. The molecule has 3 rings (SSSR count). The second kappa shape index (κ2) is 6.73. The van der Waals surface area contributed by atoms with Crippen LogP contribution in [0, 0.1) is 10.1 Å². The number of nitro groups is 1. The van der Waals surface area contributed by atoms with Crippen molar-refractivity contribution in [2.75, 3.05) is 25.0 Å². The van der Waals surface area contributed by atoms with Crippen LogP contribution in [0.5, 0.6) is 0 Å². The third-order valence-electron chi connectivity index (χ3n) is 3.93. The van der Waals surface area contributed by atoms with Crippen molar-refractivity contribution in [3.63, 3.8) is 0 Å². The Bertz CT molecular complexity index is 751. The highest BCUT2D eigenvalue weighted by Crippen LogP contribution is 2.25. The summed E-state index contributed by atoms with van der Waals surface area (Å²) in [4.78, 5) is 27.9. The first-order valence-electron chi connectivity index (χ1n) is 7.80. The Kier molecular flexibility index (Phi) is 4.50. The summed E-state index contributed by atoms with van der Waals surface area (Å²) in [6.07, 6.45) is 1.21. The van der Waals surface area contributed by atoms with Crippen molar-refractivity contribution in [3.05, 3.63) is 28.3 Å².